The normalized spacial score (nSPS) is 10.8. The summed E-state index contributed by atoms with van der Waals surface area (Å²) >= 11 is 0. The molecule has 0 aliphatic carbocycles. The number of hydrogen-bond donors (Lipinski definition) is 1. The predicted molar refractivity (Wildman–Crippen MR) is 85.3 cm³/mol. The molecule has 4 heteroatoms. The minimum Gasteiger partial charge on any atom is -0.385 e. The van der Waals surface area contributed by atoms with E-state index in [1.165, 1.54) is 5.56 Å². The molecule has 0 spiro atoms. The highest BCUT2D eigenvalue weighted by molar-refractivity contribution is 5.60. The van der Waals surface area contributed by atoms with Crippen molar-refractivity contribution in [2.75, 3.05) is 13.7 Å². The van der Waals surface area contributed by atoms with Gasteiger partial charge in [-0.15, -0.1) is 0 Å². The number of methoxy groups -OCH3 is 1. The highest BCUT2D eigenvalue weighted by atomic mass is 16.5. The summed E-state index contributed by atoms with van der Waals surface area (Å²) in [4.78, 5) is 12.5. The van der Waals surface area contributed by atoms with Crippen LogP contribution < -0.4 is 11.3 Å². The summed E-state index contributed by atoms with van der Waals surface area (Å²) < 4.78 is 6.88. The first-order valence-electron chi connectivity index (χ1n) is 7.16. The molecule has 0 fully saturated rings. The van der Waals surface area contributed by atoms with Crippen molar-refractivity contribution >= 4 is 0 Å². The maximum Gasteiger partial charge on any atom is 0.255 e. The number of aryl methyl sites for hydroxylation is 1. The van der Waals surface area contributed by atoms with E-state index in [1.807, 2.05) is 31.2 Å². The summed E-state index contributed by atoms with van der Waals surface area (Å²) in [6.07, 6.45) is 0.795. The zero-order chi connectivity index (χ0) is 15.2. The van der Waals surface area contributed by atoms with E-state index in [9.17, 15) is 4.79 Å². The Labute approximate surface area is 125 Å². The van der Waals surface area contributed by atoms with Gasteiger partial charge in [0.1, 0.15) is 0 Å². The third-order valence-corrected chi connectivity index (χ3v) is 3.55. The molecule has 0 radical (unpaired) electrons. The topological polar surface area (TPSA) is 57.2 Å². The average Bonchev–Trinajstić information content (AvgIpc) is 2.50. The van der Waals surface area contributed by atoms with E-state index in [-0.39, 0.29) is 12.1 Å². The molecule has 1 aromatic carbocycles. The van der Waals surface area contributed by atoms with Gasteiger partial charge in [-0.25, -0.2) is 0 Å². The Bertz CT molecular complexity index is 645. The lowest BCUT2D eigenvalue weighted by atomic mass is 10.1. The minimum absolute atomic E-state index is 0.00771. The second-order valence-corrected chi connectivity index (χ2v) is 5.12. The standard InChI is InChI=1S/C17H22N2O2/c1-13-4-6-14(7-5-13)16-9-8-15(12-18)17(20)19(16)10-3-11-21-2/h4-9H,3,10-12,18H2,1-2H3. The quantitative estimate of drug-likeness (QED) is 0.829. The molecule has 1 heterocycles. The molecule has 0 saturated heterocycles. The van der Waals surface area contributed by atoms with E-state index in [4.69, 9.17) is 10.5 Å². The van der Waals surface area contributed by atoms with E-state index in [0.29, 0.717) is 18.7 Å². The third kappa shape index (κ3) is 3.60. The van der Waals surface area contributed by atoms with Crippen LogP contribution in [0.2, 0.25) is 0 Å². The smallest absolute Gasteiger partial charge is 0.255 e. The van der Waals surface area contributed by atoms with Gasteiger partial charge < -0.3 is 15.0 Å². The Kier molecular flexibility index (Phi) is 5.31. The van der Waals surface area contributed by atoms with E-state index < -0.39 is 0 Å². The van der Waals surface area contributed by atoms with Crippen LogP contribution in [0.4, 0.5) is 0 Å². The van der Waals surface area contributed by atoms with Crippen LogP contribution in [0.5, 0.6) is 0 Å². The first-order chi connectivity index (χ1) is 10.2. The molecule has 2 N–H and O–H groups in total. The third-order valence-electron chi connectivity index (χ3n) is 3.55. The number of benzene rings is 1. The van der Waals surface area contributed by atoms with Crippen LogP contribution in [0.25, 0.3) is 11.3 Å². The van der Waals surface area contributed by atoms with E-state index in [2.05, 4.69) is 12.1 Å². The molecule has 0 unspecified atom stereocenters. The second kappa shape index (κ2) is 7.20. The molecule has 112 valence electrons. The zero-order valence-corrected chi connectivity index (χ0v) is 12.6. The molecule has 0 saturated carbocycles. The van der Waals surface area contributed by atoms with Crippen molar-refractivity contribution in [3.05, 3.63) is 57.9 Å². The predicted octanol–water partition coefficient (Wildman–Crippen LogP) is 2.32. The Morgan fingerprint density at radius 1 is 1.14 bits per heavy atom. The fraction of sp³-hybridized carbons (Fsp3) is 0.353. The van der Waals surface area contributed by atoms with Crippen LogP contribution in [0.1, 0.15) is 17.5 Å². The molecule has 1 aromatic heterocycles. The van der Waals surface area contributed by atoms with Crippen molar-refractivity contribution in [3.8, 4) is 11.3 Å². The summed E-state index contributed by atoms with van der Waals surface area (Å²) in [5.74, 6) is 0. The van der Waals surface area contributed by atoms with Crippen molar-refractivity contribution in [1.82, 2.24) is 4.57 Å². The van der Waals surface area contributed by atoms with Crippen LogP contribution in [-0.4, -0.2) is 18.3 Å². The van der Waals surface area contributed by atoms with Crippen LogP contribution in [-0.2, 0) is 17.8 Å². The number of nitrogens with two attached hydrogens (primary N) is 1. The maximum absolute atomic E-state index is 12.5. The van der Waals surface area contributed by atoms with Crippen LogP contribution in [0.3, 0.4) is 0 Å². The summed E-state index contributed by atoms with van der Waals surface area (Å²) in [7, 11) is 1.67. The summed E-state index contributed by atoms with van der Waals surface area (Å²) in [6, 6.07) is 12.0. The van der Waals surface area contributed by atoms with Gasteiger partial charge in [0, 0.05) is 32.4 Å². The number of rotatable bonds is 6. The molecular weight excluding hydrogens is 264 g/mol. The molecule has 4 nitrogen and oxygen atoms in total. The summed E-state index contributed by atoms with van der Waals surface area (Å²) in [6.45, 7) is 3.57. The van der Waals surface area contributed by atoms with Crippen molar-refractivity contribution in [3.63, 3.8) is 0 Å². The molecule has 0 bridgehead atoms. The van der Waals surface area contributed by atoms with Crippen LogP contribution in [0.15, 0.2) is 41.2 Å². The highest BCUT2D eigenvalue weighted by Crippen LogP contribution is 2.19. The maximum atomic E-state index is 12.5. The molecule has 0 amide bonds. The Morgan fingerprint density at radius 3 is 2.48 bits per heavy atom. The van der Waals surface area contributed by atoms with Crippen LogP contribution >= 0.6 is 0 Å². The van der Waals surface area contributed by atoms with Crippen molar-refractivity contribution in [2.45, 2.75) is 26.4 Å². The summed E-state index contributed by atoms with van der Waals surface area (Å²) in [5.41, 5.74) is 9.44. The van der Waals surface area contributed by atoms with Gasteiger partial charge in [0.25, 0.3) is 5.56 Å². The van der Waals surface area contributed by atoms with E-state index in [1.54, 1.807) is 11.7 Å². The largest absolute Gasteiger partial charge is 0.385 e. The lowest BCUT2D eigenvalue weighted by Gasteiger charge is -2.14. The molecule has 2 aromatic rings. The number of aromatic nitrogens is 1. The van der Waals surface area contributed by atoms with Gasteiger partial charge >= 0.3 is 0 Å². The van der Waals surface area contributed by atoms with E-state index in [0.717, 1.165) is 17.7 Å². The Balaban J connectivity index is 2.46. The summed E-state index contributed by atoms with van der Waals surface area (Å²) in [5, 5.41) is 0. The molecule has 2 rings (SSSR count). The van der Waals surface area contributed by atoms with Gasteiger partial charge in [-0.05, 0) is 25.0 Å². The Hall–Kier alpha value is -1.91. The van der Waals surface area contributed by atoms with Gasteiger partial charge in [0.2, 0.25) is 0 Å². The minimum atomic E-state index is -0.00771. The van der Waals surface area contributed by atoms with Crippen molar-refractivity contribution in [1.29, 1.82) is 0 Å². The second-order valence-electron chi connectivity index (χ2n) is 5.12. The van der Waals surface area contributed by atoms with Gasteiger partial charge in [-0.2, -0.15) is 0 Å². The SMILES string of the molecule is COCCCn1c(-c2ccc(C)cc2)ccc(CN)c1=O. The van der Waals surface area contributed by atoms with Crippen LogP contribution in [0, 0.1) is 6.92 Å². The molecule has 0 atom stereocenters. The van der Waals surface area contributed by atoms with Gasteiger partial charge in [-0.3, -0.25) is 4.79 Å². The first-order valence-corrected chi connectivity index (χ1v) is 7.16. The highest BCUT2D eigenvalue weighted by Gasteiger charge is 2.09. The molecule has 21 heavy (non-hydrogen) atoms. The van der Waals surface area contributed by atoms with Crippen molar-refractivity contribution in [2.24, 2.45) is 5.73 Å². The van der Waals surface area contributed by atoms with Gasteiger partial charge in [-0.1, -0.05) is 35.9 Å². The fourth-order valence-electron chi connectivity index (χ4n) is 2.34. The van der Waals surface area contributed by atoms with E-state index >= 15 is 0 Å². The number of pyridine rings is 1. The zero-order valence-electron chi connectivity index (χ0n) is 12.6. The van der Waals surface area contributed by atoms with Gasteiger partial charge in [0.05, 0.1) is 5.69 Å². The first kappa shape index (κ1) is 15.5. The Morgan fingerprint density at radius 2 is 1.86 bits per heavy atom. The lowest BCUT2D eigenvalue weighted by molar-refractivity contribution is 0.190. The van der Waals surface area contributed by atoms with Crippen molar-refractivity contribution < 1.29 is 4.74 Å². The lowest BCUT2D eigenvalue weighted by Crippen LogP contribution is -2.27. The fourth-order valence-corrected chi connectivity index (χ4v) is 2.34. The monoisotopic (exact) mass is 286 g/mol. The molecular formula is C17H22N2O2. The molecule has 0 aliphatic rings. The molecule has 0 aliphatic heterocycles. The number of hydrogen-bond acceptors (Lipinski definition) is 3. The number of ether oxygens (including phenoxy) is 1. The number of nitrogens with zero attached hydrogens (tertiary/aromatic N) is 1. The average molecular weight is 286 g/mol. The van der Waals surface area contributed by atoms with Gasteiger partial charge in [0.15, 0.2) is 0 Å².